The van der Waals surface area contributed by atoms with Gasteiger partial charge in [0.2, 0.25) is 0 Å². The Morgan fingerprint density at radius 1 is 1.56 bits per heavy atom. The van der Waals surface area contributed by atoms with E-state index < -0.39 is 0 Å². The average Bonchev–Trinajstić information content (AvgIpc) is 2.20. The fourth-order valence-corrected chi connectivity index (χ4v) is 0.522. The van der Waals surface area contributed by atoms with Crippen LogP contribution in [0.15, 0.2) is 0 Å². The predicted molar refractivity (Wildman–Crippen MR) is 34.4 cm³/mol. The van der Waals surface area contributed by atoms with Gasteiger partial charge in [-0.3, -0.25) is 0 Å². The summed E-state index contributed by atoms with van der Waals surface area (Å²) in [6, 6.07) is 0. The number of aliphatic hydroxyl groups is 1. The van der Waals surface area contributed by atoms with Crippen LogP contribution in [0, 0.1) is 0 Å². The zero-order valence-corrected chi connectivity index (χ0v) is 5.96. The van der Waals surface area contributed by atoms with Crippen molar-refractivity contribution >= 4 is 0 Å². The summed E-state index contributed by atoms with van der Waals surface area (Å²) in [6.07, 6.45) is 0.644. The first-order chi connectivity index (χ1) is 4.31. The number of aliphatic hydroxyl groups excluding tert-OH is 1. The molecule has 9 heavy (non-hydrogen) atoms. The predicted octanol–water partition coefficient (Wildman–Crippen LogP) is 0.0302. The fourth-order valence-electron chi connectivity index (χ4n) is 0.522. The van der Waals surface area contributed by atoms with Crippen LogP contribution in [0.3, 0.4) is 0 Å². The molecule has 0 aliphatic carbocycles. The maximum Gasteiger partial charge on any atom is 0.0795 e. The molecule has 0 aromatic heterocycles. The van der Waals surface area contributed by atoms with E-state index in [-0.39, 0.29) is 6.10 Å². The minimum atomic E-state index is -0.176. The van der Waals surface area contributed by atoms with Crippen molar-refractivity contribution in [3.63, 3.8) is 0 Å². The molecule has 1 atom stereocenters. The summed E-state index contributed by atoms with van der Waals surface area (Å²) in [5.41, 5.74) is 0. The molecule has 1 aliphatic rings. The van der Waals surface area contributed by atoms with Gasteiger partial charge in [0, 0.05) is 20.8 Å². The number of hydrogen-bond acceptors (Lipinski definition) is 3. The Balaban J connectivity index is 0.000000187. The maximum absolute atomic E-state index is 8.60. The van der Waals surface area contributed by atoms with Gasteiger partial charge in [0.15, 0.2) is 0 Å². The van der Waals surface area contributed by atoms with Crippen molar-refractivity contribution in [3.05, 3.63) is 0 Å². The topological polar surface area (TPSA) is 38.7 Å². The van der Waals surface area contributed by atoms with E-state index in [1.54, 1.807) is 14.2 Å². The molecule has 1 saturated heterocycles. The third-order valence-corrected chi connectivity index (χ3v) is 0.906. The van der Waals surface area contributed by atoms with Gasteiger partial charge in [-0.2, -0.15) is 0 Å². The van der Waals surface area contributed by atoms with Gasteiger partial charge in [-0.25, -0.2) is 0 Å². The summed E-state index contributed by atoms with van der Waals surface area (Å²) in [6.45, 7) is 1.28. The van der Waals surface area contributed by atoms with E-state index in [2.05, 4.69) is 4.74 Å². The smallest absolute Gasteiger partial charge is 0.0795 e. The average molecular weight is 134 g/mol. The van der Waals surface area contributed by atoms with Crippen LogP contribution < -0.4 is 0 Å². The van der Waals surface area contributed by atoms with Crippen LogP contribution in [-0.4, -0.2) is 38.6 Å². The molecule has 3 nitrogen and oxygen atoms in total. The fraction of sp³-hybridized carbons (Fsp3) is 1.00. The van der Waals surface area contributed by atoms with Gasteiger partial charge in [-0.15, -0.1) is 0 Å². The molecule has 3 heteroatoms. The summed E-state index contributed by atoms with van der Waals surface area (Å²) in [7, 11) is 3.25. The van der Waals surface area contributed by atoms with E-state index in [1.165, 1.54) is 0 Å². The van der Waals surface area contributed by atoms with E-state index in [4.69, 9.17) is 9.84 Å². The van der Waals surface area contributed by atoms with Gasteiger partial charge in [-0.05, 0) is 6.42 Å². The molecular weight excluding hydrogens is 120 g/mol. The van der Waals surface area contributed by atoms with Crippen LogP contribution in [0.25, 0.3) is 0 Å². The van der Waals surface area contributed by atoms with E-state index in [9.17, 15) is 0 Å². The third-order valence-electron chi connectivity index (χ3n) is 0.906. The van der Waals surface area contributed by atoms with E-state index in [1.807, 2.05) is 0 Å². The molecule has 1 N–H and O–H groups in total. The molecule has 0 bridgehead atoms. The van der Waals surface area contributed by atoms with E-state index >= 15 is 0 Å². The molecule has 56 valence electrons. The van der Waals surface area contributed by atoms with Crippen molar-refractivity contribution in [1.29, 1.82) is 0 Å². The highest BCUT2D eigenvalue weighted by Gasteiger charge is 2.09. The first-order valence-corrected chi connectivity index (χ1v) is 2.97. The minimum Gasteiger partial charge on any atom is -0.391 e. The quantitative estimate of drug-likeness (QED) is 0.508. The van der Waals surface area contributed by atoms with Crippen molar-refractivity contribution in [3.8, 4) is 0 Å². The monoisotopic (exact) mass is 134 g/mol. The van der Waals surface area contributed by atoms with Crippen LogP contribution in [0.4, 0.5) is 0 Å². The van der Waals surface area contributed by atoms with Crippen molar-refractivity contribution in [2.45, 2.75) is 12.5 Å². The number of ether oxygens (including phenoxy) is 2. The molecule has 0 aromatic rings. The van der Waals surface area contributed by atoms with Crippen molar-refractivity contribution < 1.29 is 14.6 Å². The summed E-state index contributed by atoms with van der Waals surface area (Å²) < 4.78 is 9.06. The van der Waals surface area contributed by atoms with Gasteiger partial charge in [-0.1, -0.05) is 0 Å². The van der Waals surface area contributed by atoms with E-state index in [0.29, 0.717) is 6.61 Å². The largest absolute Gasteiger partial charge is 0.391 e. The highest BCUT2D eigenvalue weighted by Crippen LogP contribution is 2.00. The van der Waals surface area contributed by atoms with Gasteiger partial charge < -0.3 is 14.6 Å². The molecule has 1 aliphatic heterocycles. The Morgan fingerprint density at radius 2 is 2.11 bits per heavy atom. The minimum absolute atomic E-state index is 0.176. The van der Waals surface area contributed by atoms with Crippen molar-refractivity contribution in [2.24, 2.45) is 0 Å². The molecule has 0 aromatic carbocycles. The first-order valence-electron chi connectivity index (χ1n) is 2.97. The summed E-state index contributed by atoms with van der Waals surface area (Å²) >= 11 is 0. The SMILES string of the molecule is COC.OC1CCOC1. The normalized spacial score (nSPS) is 25.0. The Kier molecular flexibility index (Phi) is 5.93. The summed E-state index contributed by atoms with van der Waals surface area (Å²) in [4.78, 5) is 0. The Bertz CT molecular complexity index is 50.3. The molecule has 1 unspecified atom stereocenters. The van der Waals surface area contributed by atoms with Crippen LogP contribution in [0.1, 0.15) is 6.42 Å². The van der Waals surface area contributed by atoms with Crippen molar-refractivity contribution in [1.82, 2.24) is 0 Å². The molecule has 1 heterocycles. The number of hydrogen-bond donors (Lipinski definition) is 1. The Hall–Kier alpha value is -0.120. The zero-order valence-electron chi connectivity index (χ0n) is 5.96. The second-order valence-corrected chi connectivity index (χ2v) is 1.93. The zero-order chi connectivity index (χ0) is 7.11. The van der Waals surface area contributed by atoms with Crippen LogP contribution >= 0.6 is 0 Å². The molecule has 0 saturated carbocycles. The first kappa shape index (κ1) is 8.88. The molecule has 0 spiro atoms. The lowest BCUT2D eigenvalue weighted by Crippen LogP contribution is -2.02. The van der Waals surface area contributed by atoms with Crippen molar-refractivity contribution in [2.75, 3.05) is 27.4 Å². The molecule has 1 fully saturated rings. The Morgan fingerprint density at radius 3 is 2.22 bits per heavy atom. The van der Waals surface area contributed by atoms with Crippen LogP contribution in [-0.2, 0) is 9.47 Å². The standard InChI is InChI=1S/C4H8O2.C2H6O/c5-4-1-2-6-3-4;1-3-2/h4-5H,1-3H2;1-2H3. The second kappa shape index (κ2) is 6.01. The lowest BCUT2D eigenvalue weighted by molar-refractivity contribution is 0.127. The number of methoxy groups -OCH3 is 1. The van der Waals surface area contributed by atoms with Gasteiger partial charge in [0.1, 0.15) is 0 Å². The molecule has 0 radical (unpaired) electrons. The van der Waals surface area contributed by atoms with Gasteiger partial charge in [0.05, 0.1) is 12.7 Å². The number of rotatable bonds is 0. The maximum atomic E-state index is 8.60. The lowest BCUT2D eigenvalue weighted by Gasteiger charge is -1.89. The van der Waals surface area contributed by atoms with Crippen LogP contribution in [0.5, 0.6) is 0 Å². The molecular formula is C6H14O3. The molecule has 1 rings (SSSR count). The van der Waals surface area contributed by atoms with Gasteiger partial charge in [0.25, 0.3) is 0 Å². The highest BCUT2D eigenvalue weighted by atomic mass is 16.5. The lowest BCUT2D eigenvalue weighted by atomic mass is 10.3. The van der Waals surface area contributed by atoms with E-state index in [0.717, 1.165) is 13.0 Å². The molecule has 0 amide bonds. The summed E-state index contributed by atoms with van der Waals surface area (Å²) in [5.74, 6) is 0. The van der Waals surface area contributed by atoms with Gasteiger partial charge >= 0.3 is 0 Å². The van der Waals surface area contributed by atoms with Crippen LogP contribution in [0.2, 0.25) is 0 Å². The highest BCUT2D eigenvalue weighted by molar-refractivity contribution is 4.58. The summed E-state index contributed by atoms with van der Waals surface area (Å²) in [5, 5.41) is 8.60. The third kappa shape index (κ3) is 5.76. The second-order valence-electron chi connectivity index (χ2n) is 1.93. The Labute approximate surface area is 55.6 Å².